The third-order valence-electron chi connectivity index (χ3n) is 3.21. The molecule has 1 fully saturated rings. The van der Waals surface area contributed by atoms with Gasteiger partial charge in [0.05, 0.1) is 16.9 Å². The highest BCUT2D eigenvalue weighted by Crippen LogP contribution is 2.39. The van der Waals surface area contributed by atoms with Gasteiger partial charge in [0.2, 0.25) is 5.75 Å². The predicted octanol–water partition coefficient (Wildman–Crippen LogP) is 3.17. The number of thioether (sulfide) groups is 1. The minimum Gasteiger partial charge on any atom is -0.500 e. The molecule has 1 aromatic carbocycles. The van der Waals surface area contributed by atoms with Crippen LogP contribution in [0.4, 0.5) is 5.69 Å². The van der Waals surface area contributed by atoms with Gasteiger partial charge in [-0.25, -0.2) is 0 Å². The van der Waals surface area contributed by atoms with E-state index in [2.05, 4.69) is 0 Å². The van der Waals surface area contributed by atoms with E-state index in [1.54, 1.807) is 0 Å². The van der Waals surface area contributed by atoms with Crippen LogP contribution in [0.25, 0.3) is 6.08 Å². The van der Waals surface area contributed by atoms with Crippen molar-refractivity contribution >= 4 is 46.0 Å². The summed E-state index contributed by atoms with van der Waals surface area (Å²) in [6.45, 7) is 4.48. The van der Waals surface area contributed by atoms with Gasteiger partial charge in [-0.1, -0.05) is 37.8 Å². The fraction of sp³-hybridized carbons (Fsp3) is 0.333. The number of thiocarbonyl (C=S) groups is 1. The van der Waals surface area contributed by atoms with Crippen molar-refractivity contribution in [3.63, 3.8) is 0 Å². The molecule has 0 aliphatic carbocycles. The maximum atomic E-state index is 12.4. The molecule has 0 bridgehead atoms. The fourth-order valence-corrected chi connectivity index (χ4v) is 3.44. The van der Waals surface area contributed by atoms with Crippen molar-refractivity contribution in [3.05, 3.63) is 32.7 Å². The number of rotatable bonds is 5. The Bertz CT molecular complexity index is 746. The number of phenolic OH excluding ortho intramolecular Hbond substituents is 1. The zero-order chi connectivity index (χ0) is 18.0. The second kappa shape index (κ2) is 7.18. The van der Waals surface area contributed by atoms with Crippen LogP contribution in [0.3, 0.4) is 0 Å². The number of benzene rings is 1. The highest BCUT2D eigenvalue weighted by Gasteiger charge is 2.32. The van der Waals surface area contributed by atoms with Crippen molar-refractivity contribution in [1.82, 2.24) is 4.90 Å². The second-order valence-corrected chi connectivity index (χ2v) is 7.21. The molecule has 9 heteroatoms. The van der Waals surface area contributed by atoms with Crippen molar-refractivity contribution in [3.8, 4) is 11.5 Å². The third-order valence-corrected chi connectivity index (χ3v) is 4.59. The molecule has 1 aromatic rings. The summed E-state index contributed by atoms with van der Waals surface area (Å²) in [4.78, 5) is 24.7. The van der Waals surface area contributed by atoms with Gasteiger partial charge in [-0.2, -0.15) is 0 Å². The Morgan fingerprint density at radius 2 is 2.17 bits per heavy atom. The summed E-state index contributed by atoms with van der Waals surface area (Å²) in [6.07, 6.45) is 1.51. The molecule has 0 spiro atoms. The first-order valence-electron chi connectivity index (χ1n) is 7.05. The molecule has 1 N–H and O–H groups in total. The van der Waals surface area contributed by atoms with Crippen LogP contribution in [0.2, 0.25) is 0 Å². The highest BCUT2D eigenvalue weighted by molar-refractivity contribution is 8.26. The largest absolute Gasteiger partial charge is 0.500 e. The summed E-state index contributed by atoms with van der Waals surface area (Å²) in [7, 11) is 1.30. The van der Waals surface area contributed by atoms with Crippen LogP contribution in [-0.2, 0) is 4.79 Å². The van der Waals surface area contributed by atoms with E-state index < -0.39 is 16.4 Å². The topological polar surface area (TPSA) is 92.9 Å². The Kier molecular flexibility index (Phi) is 5.45. The van der Waals surface area contributed by atoms with Crippen LogP contribution in [-0.4, -0.2) is 38.8 Å². The number of carbonyl (C=O) groups is 1. The van der Waals surface area contributed by atoms with Crippen LogP contribution in [0.15, 0.2) is 17.0 Å². The van der Waals surface area contributed by atoms with Crippen LogP contribution in [0, 0.1) is 16.0 Å². The molecule has 7 nitrogen and oxygen atoms in total. The lowest BCUT2D eigenvalue weighted by molar-refractivity contribution is -0.386. The lowest BCUT2D eigenvalue weighted by Crippen LogP contribution is -2.31. The molecule has 0 aromatic heterocycles. The van der Waals surface area contributed by atoms with E-state index >= 15 is 0 Å². The Labute approximate surface area is 148 Å². The SMILES string of the molecule is COc1cc(C=C2SC(=S)N(CC(C)C)C2=O)cc([N+](=O)[O-])c1O. The van der Waals surface area contributed by atoms with Crippen LogP contribution in [0.1, 0.15) is 19.4 Å². The average molecular weight is 368 g/mol. The molecule has 128 valence electrons. The van der Waals surface area contributed by atoms with Gasteiger partial charge in [-0.15, -0.1) is 0 Å². The van der Waals surface area contributed by atoms with Gasteiger partial charge in [-0.05, 0) is 23.6 Å². The number of ether oxygens (including phenoxy) is 1. The standard InChI is InChI=1S/C15H16N2O5S2/c1-8(2)7-16-14(19)12(24-15(16)23)6-9-4-10(17(20)21)13(18)11(5-9)22-3/h4-6,8,18H,7H2,1-3H3. The molecule has 2 rings (SSSR count). The summed E-state index contributed by atoms with van der Waals surface area (Å²) in [5.74, 6) is -0.546. The predicted molar refractivity (Wildman–Crippen MR) is 96.0 cm³/mol. The maximum Gasteiger partial charge on any atom is 0.315 e. The summed E-state index contributed by atoms with van der Waals surface area (Å²) in [5, 5.41) is 20.8. The van der Waals surface area contributed by atoms with Gasteiger partial charge in [0.25, 0.3) is 5.91 Å². The zero-order valence-corrected chi connectivity index (χ0v) is 14.9. The molecule has 1 aliphatic heterocycles. The van der Waals surface area contributed by atoms with E-state index in [0.29, 0.717) is 21.3 Å². The average Bonchev–Trinajstić information content (AvgIpc) is 2.75. The first-order valence-corrected chi connectivity index (χ1v) is 8.27. The molecule has 0 unspecified atom stereocenters. The lowest BCUT2D eigenvalue weighted by Gasteiger charge is -2.16. The summed E-state index contributed by atoms with van der Waals surface area (Å²) >= 11 is 6.37. The number of nitrogens with zero attached hydrogens (tertiary/aromatic N) is 2. The van der Waals surface area contributed by atoms with Crippen molar-refractivity contribution in [2.45, 2.75) is 13.8 Å². The molecule has 1 saturated heterocycles. The summed E-state index contributed by atoms with van der Waals surface area (Å²) in [6, 6.07) is 2.62. The van der Waals surface area contributed by atoms with Gasteiger partial charge < -0.3 is 9.84 Å². The molecule has 1 aliphatic rings. The van der Waals surface area contributed by atoms with Crippen molar-refractivity contribution in [2.24, 2.45) is 5.92 Å². The van der Waals surface area contributed by atoms with Gasteiger partial charge in [0, 0.05) is 12.6 Å². The van der Waals surface area contributed by atoms with E-state index in [9.17, 15) is 20.0 Å². The number of nitro groups is 1. The maximum absolute atomic E-state index is 12.4. The van der Waals surface area contributed by atoms with E-state index in [0.717, 1.165) is 11.8 Å². The van der Waals surface area contributed by atoms with Gasteiger partial charge in [0.15, 0.2) is 5.75 Å². The van der Waals surface area contributed by atoms with E-state index in [1.165, 1.54) is 30.2 Å². The number of amides is 1. The quantitative estimate of drug-likeness (QED) is 0.369. The normalized spacial score (nSPS) is 16.3. The van der Waals surface area contributed by atoms with E-state index in [-0.39, 0.29) is 17.6 Å². The molecular formula is C15H16N2O5S2. The van der Waals surface area contributed by atoms with Gasteiger partial charge in [-0.3, -0.25) is 19.8 Å². The van der Waals surface area contributed by atoms with Gasteiger partial charge >= 0.3 is 5.69 Å². The first-order chi connectivity index (χ1) is 11.2. The lowest BCUT2D eigenvalue weighted by atomic mass is 10.1. The Morgan fingerprint density at radius 3 is 2.71 bits per heavy atom. The number of phenols is 1. The number of methoxy groups -OCH3 is 1. The molecule has 24 heavy (non-hydrogen) atoms. The minimum atomic E-state index is -0.709. The van der Waals surface area contributed by atoms with E-state index in [1.807, 2.05) is 13.8 Å². The van der Waals surface area contributed by atoms with Crippen molar-refractivity contribution in [1.29, 1.82) is 0 Å². The van der Waals surface area contributed by atoms with Gasteiger partial charge in [0.1, 0.15) is 4.32 Å². The number of hydrogen-bond acceptors (Lipinski definition) is 7. The molecule has 1 amide bonds. The Balaban J connectivity index is 2.41. The van der Waals surface area contributed by atoms with Crippen LogP contribution >= 0.6 is 24.0 Å². The molecule has 0 saturated carbocycles. The van der Waals surface area contributed by atoms with Crippen LogP contribution in [0.5, 0.6) is 11.5 Å². The Hall–Kier alpha value is -2.13. The van der Waals surface area contributed by atoms with Crippen LogP contribution < -0.4 is 4.74 Å². The molecule has 0 atom stereocenters. The Morgan fingerprint density at radius 1 is 1.50 bits per heavy atom. The minimum absolute atomic E-state index is 0.0342. The summed E-state index contributed by atoms with van der Waals surface area (Å²) < 4.78 is 5.41. The molecule has 1 heterocycles. The third kappa shape index (κ3) is 3.68. The summed E-state index contributed by atoms with van der Waals surface area (Å²) in [5.41, 5.74) is -0.111. The first kappa shape index (κ1) is 18.2. The van der Waals surface area contributed by atoms with Crippen molar-refractivity contribution in [2.75, 3.05) is 13.7 Å². The number of carbonyl (C=O) groups excluding carboxylic acids is 1. The number of nitro benzene ring substituents is 1. The molecule has 0 radical (unpaired) electrons. The highest BCUT2D eigenvalue weighted by atomic mass is 32.2. The number of hydrogen-bond donors (Lipinski definition) is 1. The molecular weight excluding hydrogens is 352 g/mol. The smallest absolute Gasteiger partial charge is 0.315 e. The second-order valence-electron chi connectivity index (χ2n) is 5.53. The zero-order valence-electron chi connectivity index (χ0n) is 13.3. The number of aromatic hydroxyl groups is 1. The monoisotopic (exact) mass is 368 g/mol. The van der Waals surface area contributed by atoms with E-state index in [4.69, 9.17) is 17.0 Å². The van der Waals surface area contributed by atoms with Crippen molar-refractivity contribution < 1.29 is 19.6 Å². The fourth-order valence-electron chi connectivity index (χ4n) is 2.17.